The SMILES string of the molecule is CN[C@@H](C(=S)Cc1ccc2cnccc2c1)c1ccccc1.N[C@@H](C(=S)Cc1ccc2cnccc2c1)C1CCCC1.N[C@@H](C(=S)Cc1ccc2cnccc2c1)C1CCCCC1.N[C@@H](C(=S)Cc1ccc2cnccc2c1)c1ccccc1.N[C@H](C(=S)Cc1ccc2cnccc2c1)c1ccccc1. The molecule has 0 bridgehead atoms. The summed E-state index contributed by atoms with van der Waals surface area (Å²) in [5, 5.41) is 15.1. The van der Waals surface area contributed by atoms with Crippen LogP contribution in [0.15, 0.2) is 274 Å². The van der Waals surface area contributed by atoms with Gasteiger partial charge in [0.05, 0.1) is 18.1 Å². The highest BCUT2D eigenvalue weighted by molar-refractivity contribution is 7.81. The van der Waals surface area contributed by atoms with Gasteiger partial charge in [-0.1, -0.05) is 275 Å². The van der Waals surface area contributed by atoms with E-state index in [1.54, 1.807) is 12.4 Å². The molecule has 13 aromatic rings. The number of thiocarbonyl (C=S) groups is 5. The number of benzene rings is 8. The molecular formula is C90H92N10S5. The molecule has 2 saturated carbocycles. The van der Waals surface area contributed by atoms with Gasteiger partial charge in [-0.15, -0.1) is 0 Å². The predicted octanol–water partition coefficient (Wildman–Crippen LogP) is 19.5. The van der Waals surface area contributed by atoms with Crippen LogP contribution in [0.2, 0.25) is 0 Å². The molecule has 2 aliphatic carbocycles. The maximum Gasteiger partial charge on any atom is 0.0641 e. The van der Waals surface area contributed by atoms with Crippen molar-refractivity contribution in [3.8, 4) is 0 Å². The molecule has 0 spiro atoms. The van der Waals surface area contributed by atoms with Crippen molar-refractivity contribution < 1.29 is 0 Å². The Balaban J connectivity index is 0.000000131. The number of nitrogens with one attached hydrogen (secondary N) is 1. The lowest BCUT2D eigenvalue weighted by Gasteiger charge is -2.28. The summed E-state index contributed by atoms with van der Waals surface area (Å²) in [7, 11) is 1.95. The average molecular weight is 1470 g/mol. The summed E-state index contributed by atoms with van der Waals surface area (Å²) in [5.41, 5.74) is 34.7. The number of aromatic nitrogens is 5. The van der Waals surface area contributed by atoms with Gasteiger partial charge in [0, 0.05) is 157 Å². The van der Waals surface area contributed by atoms with Crippen LogP contribution in [0, 0.1) is 11.8 Å². The first-order valence-electron chi connectivity index (χ1n) is 36.3. The van der Waals surface area contributed by atoms with Gasteiger partial charge in [0.15, 0.2) is 0 Å². The highest BCUT2D eigenvalue weighted by Gasteiger charge is 2.26. The summed E-state index contributed by atoms with van der Waals surface area (Å²) < 4.78 is 0. The van der Waals surface area contributed by atoms with Gasteiger partial charge in [-0.25, -0.2) is 0 Å². The van der Waals surface area contributed by atoms with Crippen molar-refractivity contribution in [2.24, 2.45) is 34.8 Å². The summed E-state index contributed by atoms with van der Waals surface area (Å²) in [5.74, 6) is 1.20. The molecule has 2 fully saturated rings. The van der Waals surface area contributed by atoms with E-state index < -0.39 is 0 Å². The minimum absolute atomic E-state index is 0.0773. The molecule has 8 aromatic carbocycles. The molecule has 0 amide bonds. The summed E-state index contributed by atoms with van der Waals surface area (Å²) in [6.07, 6.45) is 33.9. The molecule has 532 valence electrons. The van der Waals surface area contributed by atoms with Gasteiger partial charge in [0.2, 0.25) is 0 Å². The van der Waals surface area contributed by atoms with Crippen molar-refractivity contribution >= 4 is 139 Å². The first-order valence-corrected chi connectivity index (χ1v) is 38.4. The van der Waals surface area contributed by atoms with E-state index in [4.69, 9.17) is 84.0 Å². The minimum Gasteiger partial charge on any atom is -0.323 e. The summed E-state index contributed by atoms with van der Waals surface area (Å²) >= 11 is 27.9. The van der Waals surface area contributed by atoms with E-state index in [2.05, 4.69) is 133 Å². The fourth-order valence-electron chi connectivity index (χ4n) is 14.0. The third-order valence-electron chi connectivity index (χ3n) is 20.0. The normalized spacial score (nSPS) is 14.3. The maximum absolute atomic E-state index is 6.40. The molecule has 15 rings (SSSR count). The van der Waals surface area contributed by atoms with E-state index in [0.29, 0.717) is 24.7 Å². The summed E-state index contributed by atoms with van der Waals surface area (Å²) in [6, 6.07) is 72.3. The zero-order valence-corrected chi connectivity index (χ0v) is 63.6. The second-order valence-corrected chi connectivity index (χ2v) is 30.0. The number of fused-ring (bicyclic) bond motifs is 5. The van der Waals surface area contributed by atoms with E-state index in [-0.39, 0.29) is 30.2 Å². The lowest BCUT2D eigenvalue weighted by Crippen LogP contribution is -2.39. The zero-order valence-electron chi connectivity index (χ0n) is 59.5. The molecule has 5 atom stereocenters. The Morgan fingerprint density at radius 2 is 0.571 bits per heavy atom. The first kappa shape index (κ1) is 77.2. The van der Waals surface area contributed by atoms with Crippen LogP contribution >= 0.6 is 61.1 Å². The molecular weight excluding hydrogens is 1380 g/mol. The Morgan fingerprint density at radius 1 is 0.314 bits per heavy atom. The van der Waals surface area contributed by atoms with Crippen LogP contribution in [0.25, 0.3) is 53.9 Å². The van der Waals surface area contributed by atoms with Gasteiger partial charge in [0.25, 0.3) is 0 Å². The van der Waals surface area contributed by atoms with Gasteiger partial charge >= 0.3 is 0 Å². The quantitative estimate of drug-likeness (QED) is 0.0429. The van der Waals surface area contributed by atoms with Crippen molar-refractivity contribution in [3.63, 3.8) is 0 Å². The van der Waals surface area contributed by atoms with Crippen molar-refractivity contribution in [2.75, 3.05) is 7.05 Å². The van der Waals surface area contributed by atoms with E-state index in [1.165, 1.54) is 129 Å². The van der Waals surface area contributed by atoms with E-state index in [1.807, 2.05) is 166 Å². The molecule has 0 unspecified atom stereocenters. The van der Waals surface area contributed by atoms with Crippen LogP contribution in [0.5, 0.6) is 0 Å². The van der Waals surface area contributed by atoms with Gasteiger partial charge in [-0.05, 0) is 146 Å². The minimum atomic E-state index is -0.200. The molecule has 10 nitrogen and oxygen atoms in total. The Labute approximate surface area is 645 Å². The largest absolute Gasteiger partial charge is 0.323 e. The van der Waals surface area contributed by atoms with Gasteiger partial charge in [-0.3, -0.25) is 24.9 Å². The lowest BCUT2D eigenvalue weighted by atomic mass is 9.82. The predicted molar refractivity (Wildman–Crippen MR) is 460 cm³/mol. The fraction of sp³-hybridized carbons (Fsp3) is 0.244. The van der Waals surface area contributed by atoms with Crippen molar-refractivity contribution in [2.45, 2.75) is 120 Å². The smallest absolute Gasteiger partial charge is 0.0641 e. The van der Waals surface area contributed by atoms with Crippen molar-refractivity contribution in [1.29, 1.82) is 0 Å². The number of nitrogens with two attached hydrogens (primary N) is 4. The topological polar surface area (TPSA) is 181 Å². The number of hydrogen-bond donors (Lipinski definition) is 5. The maximum atomic E-state index is 6.40. The monoisotopic (exact) mass is 1470 g/mol. The molecule has 0 saturated heterocycles. The van der Waals surface area contributed by atoms with Gasteiger partial charge < -0.3 is 28.3 Å². The fourth-order valence-corrected chi connectivity index (χ4v) is 15.7. The number of rotatable bonds is 21. The molecule has 2 aliphatic rings. The van der Waals surface area contributed by atoms with Crippen LogP contribution in [0.4, 0.5) is 0 Å². The number of nitrogens with zero attached hydrogens (tertiary/aromatic N) is 5. The Bertz CT molecular complexity index is 4900. The van der Waals surface area contributed by atoms with Crippen molar-refractivity contribution in [3.05, 3.63) is 319 Å². The van der Waals surface area contributed by atoms with E-state index in [0.717, 1.165) is 70.9 Å². The standard InChI is InChI=1S/C19H18N2S.C18H22N2S.2C18H16N2S.C17H20N2S/c1-20-19(15-5-3-2-4-6-15)18(22)12-14-7-8-17-13-21-10-9-16(17)11-14;3*19-18(14-4-2-1-3-5-14)17(21)11-13-6-7-16-12-20-9-8-15(16)10-13;18-17(13-3-1-2-4-13)16(20)10-12-5-6-15-11-19-8-7-14(15)9-12/h2-11,13,19-20H,12H2,1H3;6-10,12,14,18H,1-5,11,19H2;2*1-10,12,18H,11,19H2;5-9,11,13,17H,1-4,10,18H2/t19-;3*18-;17-/m11101/s1. The van der Waals surface area contributed by atoms with Gasteiger partial charge in [0.1, 0.15) is 0 Å². The molecule has 15 heteroatoms. The Hall–Kier alpha value is -8.94. The summed E-state index contributed by atoms with van der Waals surface area (Å²) in [6.45, 7) is 0. The zero-order chi connectivity index (χ0) is 73.3. The molecule has 5 heterocycles. The Kier molecular flexibility index (Phi) is 29.0. The molecule has 5 aromatic heterocycles. The second-order valence-electron chi connectivity index (χ2n) is 27.4. The second kappa shape index (κ2) is 39.4. The number of hydrogen-bond acceptors (Lipinski definition) is 15. The van der Waals surface area contributed by atoms with Crippen LogP contribution in [-0.2, 0) is 32.1 Å². The van der Waals surface area contributed by atoms with Crippen LogP contribution in [0.1, 0.15) is 120 Å². The third-order valence-corrected chi connectivity index (χ3v) is 22.0. The molecule has 105 heavy (non-hydrogen) atoms. The van der Waals surface area contributed by atoms with Gasteiger partial charge in [-0.2, -0.15) is 0 Å². The van der Waals surface area contributed by atoms with E-state index >= 15 is 0 Å². The number of pyridine rings is 5. The third kappa shape index (κ3) is 22.3. The molecule has 0 aliphatic heterocycles. The van der Waals surface area contributed by atoms with Crippen LogP contribution < -0.4 is 28.3 Å². The van der Waals surface area contributed by atoms with Crippen molar-refractivity contribution in [1.82, 2.24) is 30.2 Å². The van der Waals surface area contributed by atoms with Crippen LogP contribution in [-0.4, -0.2) is 68.4 Å². The molecule has 9 N–H and O–H groups in total. The Morgan fingerprint density at radius 3 is 0.857 bits per heavy atom. The highest BCUT2D eigenvalue weighted by Crippen LogP contribution is 2.31. The summed E-state index contributed by atoms with van der Waals surface area (Å²) in [4.78, 5) is 25.4. The molecule has 0 radical (unpaired) electrons. The van der Waals surface area contributed by atoms with E-state index in [9.17, 15) is 0 Å². The highest BCUT2D eigenvalue weighted by atomic mass is 32.1. The average Bonchev–Trinajstić information content (AvgIpc) is 1.10. The lowest BCUT2D eigenvalue weighted by molar-refractivity contribution is 0.342. The first-order chi connectivity index (χ1) is 51.2. The van der Waals surface area contributed by atoms with Crippen LogP contribution in [0.3, 0.4) is 0 Å².